The van der Waals surface area contributed by atoms with E-state index in [2.05, 4.69) is 10.2 Å². The van der Waals surface area contributed by atoms with Crippen molar-refractivity contribution >= 4 is 11.6 Å². The van der Waals surface area contributed by atoms with Crippen molar-refractivity contribution in [2.24, 2.45) is 0 Å². The lowest BCUT2D eigenvalue weighted by molar-refractivity contribution is -0.138. The maximum absolute atomic E-state index is 13.2. The van der Waals surface area contributed by atoms with Crippen molar-refractivity contribution in [3.8, 4) is 5.75 Å². The van der Waals surface area contributed by atoms with Crippen LogP contribution in [0.4, 0.5) is 13.2 Å². The predicted octanol–water partition coefficient (Wildman–Crippen LogP) is 5.12. The highest BCUT2D eigenvalue weighted by molar-refractivity contribution is 5.78. The third-order valence-corrected chi connectivity index (χ3v) is 6.46. The summed E-state index contributed by atoms with van der Waals surface area (Å²) in [5.41, 5.74) is 1.72. The number of hydrogen-bond donors (Lipinski definition) is 0. The van der Waals surface area contributed by atoms with E-state index in [0.29, 0.717) is 43.2 Å². The quantitative estimate of drug-likeness (QED) is 0.373. The smallest absolute Gasteiger partial charge is 0.417 e. The summed E-state index contributed by atoms with van der Waals surface area (Å²) in [6, 6.07) is 20.0. The van der Waals surface area contributed by atoms with Crippen LogP contribution in [0.1, 0.15) is 41.3 Å². The topological polar surface area (TPSA) is 59.7 Å². The number of pyridine rings is 1. The minimum atomic E-state index is -4.46. The first kappa shape index (κ1) is 23.8. The number of nitrogens with zero attached hydrogens (tertiary/aromatic N) is 4. The van der Waals surface area contributed by atoms with Gasteiger partial charge in [-0.25, -0.2) is 0 Å². The average molecular weight is 495 g/mol. The van der Waals surface area contributed by atoms with Crippen LogP contribution >= 0.6 is 0 Å². The monoisotopic (exact) mass is 494 g/mol. The zero-order chi connectivity index (χ0) is 25.1. The van der Waals surface area contributed by atoms with E-state index in [-0.39, 0.29) is 18.4 Å². The van der Waals surface area contributed by atoms with Crippen LogP contribution in [0.3, 0.4) is 0 Å². The Morgan fingerprint density at radius 1 is 1.00 bits per heavy atom. The second kappa shape index (κ2) is 10.0. The number of benzene rings is 2. The Morgan fingerprint density at radius 2 is 1.78 bits per heavy atom. The van der Waals surface area contributed by atoms with Gasteiger partial charge < -0.3 is 9.64 Å². The lowest BCUT2D eigenvalue weighted by Gasteiger charge is -2.32. The molecule has 1 aliphatic heterocycles. The minimum Gasteiger partial charge on any atom is -0.483 e. The van der Waals surface area contributed by atoms with Crippen LogP contribution in [-0.2, 0) is 17.4 Å². The Labute approximate surface area is 206 Å². The summed E-state index contributed by atoms with van der Waals surface area (Å²) in [5.74, 6) is 0.708. The highest BCUT2D eigenvalue weighted by Gasteiger charge is 2.33. The van der Waals surface area contributed by atoms with Crippen LogP contribution in [0, 0.1) is 0 Å². The van der Waals surface area contributed by atoms with Gasteiger partial charge in [-0.1, -0.05) is 48.5 Å². The summed E-state index contributed by atoms with van der Waals surface area (Å²) in [6.07, 6.45) is -1.32. The van der Waals surface area contributed by atoms with Gasteiger partial charge >= 0.3 is 6.18 Å². The molecule has 4 aromatic rings. The van der Waals surface area contributed by atoms with Gasteiger partial charge in [0, 0.05) is 31.6 Å². The molecular weight excluding hydrogens is 469 g/mol. The van der Waals surface area contributed by atoms with Gasteiger partial charge in [-0.05, 0) is 42.2 Å². The molecule has 1 aliphatic rings. The third-order valence-electron chi connectivity index (χ3n) is 6.46. The molecule has 186 valence electrons. The van der Waals surface area contributed by atoms with Crippen molar-refractivity contribution in [2.45, 2.75) is 31.4 Å². The number of carbonyl (C=O) groups excluding carboxylic acids is 1. The van der Waals surface area contributed by atoms with Crippen LogP contribution in [-0.4, -0.2) is 45.1 Å². The van der Waals surface area contributed by atoms with Crippen LogP contribution in [0.15, 0.2) is 72.9 Å². The fraction of sp³-hybridized carbons (Fsp3) is 0.296. The third kappa shape index (κ3) is 5.19. The van der Waals surface area contributed by atoms with E-state index in [1.54, 1.807) is 4.90 Å². The summed E-state index contributed by atoms with van der Waals surface area (Å²) in [5, 5.41) is 8.18. The zero-order valence-corrected chi connectivity index (χ0v) is 19.5. The van der Waals surface area contributed by atoms with Crippen molar-refractivity contribution in [3.05, 3.63) is 95.4 Å². The minimum absolute atomic E-state index is 0.114. The van der Waals surface area contributed by atoms with E-state index in [1.165, 1.54) is 10.5 Å². The van der Waals surface area contributed by atoms with E-state index >= 15 is 0 Å². The molecule has 9 heteroatoms. The van der Waals surface area contributed by atoms with Gasteiger partial charge in [0.2, 0.25) is 0 Å². The Kier molecular flexibility index (Phi) is 6.63. The fourth-order valence-corrected chi connectivity index (χ4v) is 4.61. The van der Waals surface area contributed by atoms with Crippen LogP contribution < -0.4 is 4.74 Å². The van der Waals surface area contributed by atoms with Gasteiger partial charge in [0.15, 0.2) is 12.3 Å². The molecule has 36 heavy (non-hydrogen) atoms. The Balaban J connectivity index is 1.26. The molecular formula is C27H25F3N4O2. The molecule has 1 atom stereocenters. The summed E-state index contributed by atoms with van der Waals surface area (Å²) in [6.45, 7) is 0.803. The zero-order valence-electron chi connectivity index (χ0n) is 19.5. The molecule has 0 spiro atoms. The molecule has 1 fully saturated rings. The number of ether oxygens (including phenoxy) is 1. The molecule has 0 aliphatic carbocycles. The number of para-hydroxylation sites is 1. The Hall–Kier alpha value is -3.88. The largest absolute Gasteiger partial charge is 0.483 e. The summed E-state index contributed by atoms with van der Waals surface area (Å²) < 4.78 is 47.0. The number of carbonyl (C=O) groups is 1. The normalized spacial score (nSPS) is 16.3. The van der Waals surface area contributed by atoms with Gasteiger partial charge in [0.25, 0.3) is 5.91 Å². The molecule has 3 heterocycles. The second-order valence-electron chi connectivity index (χ2n) is 8.94. The maximum Gasteiger partial charge on any atom is 0.417 e. The summed E-state index contributed by atoms with van der Waals surface area (Å²) >= 11 is 0. The Bertz CT molecular complexity index is 1350. The van der Waals surface area contributed by atoms with E-state index in [1.807, 2.05) is 54.6 Å². The summed E-state index contributed by atoms with van der Waals surface area (Å²) in [7, 11) is 0. The number of fused-ring (bicyclic) bond motifs is 1. The van der Waals surface area contributed by atoms with Crippen LogP contribution in [0.2, 0.25) is 0 Å². The van der Waals surface area contributed by atoms with Crippen molar-refractivity contribution in [1.29, 1.82) is 0 Å². The van der Waals surface area contributed by atoms with Crippen molar-refractivity contribution in [1.82, 2.24) is 19.5 Å². The first-order valence-corrected chi connectivity index (χ1v) is 11.8. The highest BCUT2D eigenvalue weighted by atomic mass is 19.4. The number of aromatic nitrogens is 3. The molecule has 6 nitrogen and oxygen atoms in total. The lowest BCUT2D eigenvalue weighted by Crippen LogP contribution is -2.42. The van der Waals surface area contributed by atoms with Crippen molar-refractivity contribution in [3.63, 3.8) is 0 Å². The molecule has 1 saturated heterocycles. The standard InChI is InChI=1S/C27H25F3N4O2/c28-27(29,30)22-12-13-24-31-32-26(34(24)17-22)21-10-6-14-33(16-21)25(35)18-36-23-11-5-4-9-20(23)15-19-7-2-1-3-8-19/h1-5,7-9,11-13,17,21H,6,10,14-16,18H2/t21-/m0/s1. The number of halogens is 3. The highest BCUT2D eigenvalue weighted by Crippen LogP contribution is 2.31. The van der Waals surface area contributed by atoms with Crippen molar-refractivity contribution in [2.75, 3.05) is 19.7 Å². The molecule has 2 aromatic carbocycles. The van der Waals surface area contributed by atoms with Crippen LogP contribution in [0.5, 0.6) is 5.75 Å². The van der Waals surface area contributed by atoms with Crippen molar-refractivity contribution < 1.29 is 22.7 Å². The first-order valence-electron chi connectivity index (χ1n) is 11.8. The Morgan fingerprint density at radius 3 is 2.58 bits per heavy atom. The van der Waals surface area contributed by atoms with E-state index in [4.69, 9.17) is 4.74 Å². The molecule has 0 radical (unpaired) electrons. The number of hydrogen-bond acceptors (Lipinski definition) is 4. The van der Waals surface area contributed by atoms with Crippen LogP contribution in [0.25, 0.3) is 5.65 Å². The second-order valence-corrected chi connectivity index (χ2v) is 8.94. The average Bonchev–Trinajstić information content (AvgIpc) is 3.32. The maximum atomic E-state index is 13.2. The molecule has 5 rings (SSSR count). The number of alkyl halides is 3. The number of rotatable bonds is 6. The molecule has 0 N–H and O–H groups in total. The van der Waals surface area contributed by atoms with E-state index in [0.717, 1.165) is 29.8 Å². The van der Waals surface area contributed by atoms with Gasteiger partial charge in [0.05, 0.1) is 5.56 Å². The molecule has 0 unspecified atom stereocenters. The van der Waals surface area contributed by atoms with E-state index in [9.17, 15) is 18.0 Å². The fourth-order valence-electron chi connectivity index (χ4n) is 4.61. The van der Waals surface area contributed by atoms with E-state index < -0.39 is 11.7 Å². The number of amides is 1. The summed E-state index contributed by atoms with van der Waals surface area (Å²) in [4.78, 5) is 14.7. The molecule has 1 amide bonds. The van der Waals surface area contributed by atoms with Gasteiger partial charge in [-0.15, -0.1) is 10.2 Å². The predicted molar refractivity (Wildman–Crippen MR) is 128 cm³/mol. The van der Waals surface area contributed by atoms with Gasteiger partial charge in [-0.3, -0.25) is 9.20 Å². The first-order chi connectivity index (χ1) is 17.4. The van der Waals surface area contributed by atoms with Gasteiger partial charge in [0.1, 0.15) is 11.6 Å². The molecule has 2 aromatic heterocycles. The number of likely N-dealkylation sites (tertiary alicyclic amines) is 1. The molecule has 0 bridgehead atoms. The number of piperidine rings is 1. The lowest BCUT2D eigenvalue weighted by atomic mass is 9.97. The SMILES string of the molecule is O=C(COc1ccccc1Cc1ccccc1)N1CCC[C@H](c2nnc3ccc(C(F)(F)F)cn23)C1. The molecule has 0 saturated carbocycles. The van der Waals surface area contributed by atoms with Gasteiger partial charge in [-0.2, -0.15) is 13.2 Å².